The summed E-state index contributed by atoms with van der Waals surface area (Å²) in [5, 5.41) is 5.28. The van der Waals surface area contributed by atoms with E-state index in [-0.39, 0.29) is 0 Å². The van der Waals surface area contributed by atoms with Crippen LogP contribution in [0.2, 0.25) is 0 Å². The van der Waals surface area contributed by atoms with Crippen LogP contribution in [-0.2, 0) is 0 Å². The summed E-state index contributed by atoms with van der Waals surface area (Å²) in [4.78, 5) is 0. The zero-order valence-corrected chi connectivity index (χ0v) is 6.60. The maximum atomic E-state index is 3.17. The summed E-state index contributed by atoms with van der Waals surface area (Å²) in [7, 11) is 0. The van der Waals surface area contributed by atoms with Crippen LogP contribution < -0.4 is 5.32 Å². The van der Waals surface area contributed by atoms with Crippen LogP contribution in [0, 0.1) is 0 Å². The monoisotopic (exact) mass is 153 g/mol. The molecule has 1 aliphatic heterocycles. The Kier molecular flexibility index (Phi) is 3.87. The summed E-state index contributed by atoms with van der Waals surface area (Å²) in [5.74, 6) is 1.13. The third-order valence-electron chi connectivity index (χ3n) is 1.09. The zero-order valence-electron chi connectivity index (χ0n) is 5.79. The molecule has 0 bridgehead atoms. The van der Waals surface area contributed by atoms with Crippen LogP contribution in [0.4, 0.5) is 0 Å². The van der Waals surface area contributed by atoms with Gasteiger partial charge in [0.15, 0.2) is 0 Å². The van der Waals surface area contributed by atoms with E-state index in [1.54, 1.807) is 0 Å². The van der Waals surface area contributed by atoms with E-state index in [2.05, 4.69) is 16.8 Å². The molecule has 0 aromatic carbocycles. The summed E-state index contributed by atoms with van der Waals surface area (Å²) < 4.78 is 0. The first kappa shape index (κ1) is 7.48. The van der Waals surface area contributed by atoms with Crippen LogP contribution in [0.3, 0.4) is 0 Å². The van der Waals surface area contributed by atoms with Crippen molar-refractivity contribution < 1.29 is 0 Å². The van der Waals surface area contributed by atoms with Crippen LogP contribution in [-0.4, -0.2) is 12.3 Å². The molecule has 0 aromatic rings. The van der Waals surface area contributed by atoms with E-state index < -0.39 is 0 Å². The Morgan fingerprint density at radius 3 is 3.00 bits per heavy atom. The zero-order chi connectivity index (χ0) is 7.07. The molecular weight excluding hydrogens is 142 g/mol. The fourth-order valence-electron chi connectivity index (χ4n) is 0.622. The molecule has 0 aromatic heterocycles. The largest absolute Gasteiger partial charge is 0.390 e. The quantitative estimate of drug-likeness (QED) is 0.570. The molecule has 0 spiro atoms. The summed E-state index contributed by atoms with van der Waals surface area (Å²) in [6.07, 6.45) is 10.1. The van der Waals surface area contributed by atoms with Crippen LogP contribution in [0.15, 0.2) is 35.9 Å². The van der Waals surface area contributed by atoms with E-state index in [1.807, 2.05) is 36.2 Å². The van der Waals surface area contributed by atoms with Crippen molar-refractivity contribution in [2.24, 2.45) is 0 Å². The smallest absolute Gasteiger partial charge is 0.0235 e. The van der Waals surface area contributed by atoms with Gasteiger partial charge in [-0.2, -0.15) is 0 Å². The fraction of sp³-hybridized carbons (Fsp3) is 0.250. The molecule has 0 saturated heterocycles. The van der Waals surface area contributed by atoms with Crippen molar-refractivity contribution in [2.75, 3.05) is 12.3 Å². The number of nitrogens with one attached hydrogen (secondary N) is 1. The van der Waals surface area contributed by atoms with Gasteiger partial charge in [0, 0.05) is 12.3 Å². The van der Waals surface area contributed by atoms with Crippen molar-refractivity contribution >= 4 is 11.8 Å². The molecular formula is C8H11NS. The Labute approximate surface area is 65.9 Å². The summed E-state index contributed by atoms with van der Waals surface area (Å²) in [6, 6.07) is 0. The molecule has 0 atom stereocenters. The molecule has 0 radical (unpaired) electrons. The first-order valence-corrected chi connectivity index (χ1v) is 4.38. The third kappa shape index (κ3) is 3.41. The van der Waals surface area contributed by atoms with Crippen molar-refractivity contribution in [2.45, 2.75) is 0 Å². The van der Waals surface area contributed by atoms with E-state index in [0.29, 0.717) is 0 Å². The minimum Gasteiger partial charge on any atom is -0.390 e. The van der Waals surface area contributed by atoms with Gasteiger partial charge in [-0.25, -0.2) is 0 Å². The maximum Gasteiger partial charge on any atom is 0.0235 e. The molecule has 0 fully saturated rings. The Hall–Kier alpha value is -0.630. The molecule has 0 aliphatic carbocycles. The molecule has 0 unspecified atom stereocenters. The summed E-state index contributed by atoms with van der Waals surface area (Å²) in [5.41, 5.74) is 0. The van der Waals surface area contributed by atoms with Crippen LogP contribution >= 0.6 is 11.8 Å². The highest BCUT2D eigenvalue weighted by Crippen LogP contribution is 2.00. The molecule has 1 rings (SSSR count). The second kappa shape index (κ2) is 5.18. The van der Waals surface area contributed by atoms with Gasteiger partial charge in [0.2, 0.25) is 0 Å². The Bertz CT molecular complexity index is 141. The lowest BCUT2D eigenvalue weighted by atomic mass is 10.5. The second-order valence-electron chi connectivity index (χ2n) is 1.90. The van der Waals surface area contributed by atoms with E-state index in [1.165, 1.54) is 0 Å². The summed E-state index contributed by atoms with van der Waals surface area (Å²) >= 11 is 1.82. The minimum atomic E-state index is 1.04. The highest BCUT2D eigenvalue weighted by molar-refractivity contribution is 8.02. The van der Waals surface area contributed by atoms with Crippen molar-refractivity contribution in [3.63, 3.8) is 0 Å². The van der Waals surface area contributed by atoms with Gasteiger partial charge in [0.25, 0.3) is 0 Å². The van der Waals surface area contributed by atoms with Crippen molar-refractivity contribution in [1.82, 2.24) is 5.32 Å². The molecule has 1 heterocycles. The Morgan fingerprint density at radius 2 is 2.00 bits per heavy atom. The second-order valence-corrected chi connectivity index (χ2v) is 2.91. The van der Waals surface area contributed by atoms with Gasteiger partial charge in [-0.3, -0.25) is 0 Å². The number of allylic oxidation sites excluding steroid dienone is 4. The van der Waals surface area contributed by atoms with E-state index in [9.17, 15) is 0 Å². The lowest BCUT2D eigenvalue weighted by Gasteiger charge is -1.97. The van der Waals surface area contributed by atoms with Gasteiger partial charge in [0.05, 0.1) is 0 Å². The van der Waals surface area contributed by atoms with Gasteiger partial charge >= 0.3 is 0 Å². The lowest BCUT2D eigenvalue weighted by molar-refractivity contribution is 0.930. The minimum absolute atomic E-state index is 1.04. The number of hydrogen-bond acceptors (Lipinski definition) is 2. The van der Waals surface area contributed by atoms with Crippen LogP contribution in [0.25, 0.3) is 0 Å². The van der Waals surface area contributed by atoms with Crippen molar-refractivity contribution in [3.8, 4) is 0 Å². The molecule has 1 N–H and O–H groups in total. The molecule has 0 amide bonds. The van der Waals surface area contributed by atoms with Gasteiger partial charge < -0.3 is 5.32 Å². The van der Waals surface area contributed by atoms with Gasteiger partial charge in [-0.05, 0) is 17.7 Å². The highest BCUT2D eigenvalue weighted by Gasteiger charge is 1.81. The van der Waals surface area contributed by atoms with Crippen LogP contribution in [0.5, 0.6) is 0 Å². The first-order chi connectivity index (χ1) is 5.00. The molecule has 54 valence electrons. The lowest BCUT2D eigenvalue weighted by Crippen LogP contribution is -2.08. The molecule has 0 saturated carbocycles. The average Bonchev–Trinajstić information content (AvgIpc) is 2.01. The number of thioether (sulfide) groups is 1. The topological polar surface area (TPSA) is 12.0 Å². The molecule has 1 nitrogen and oxygen atoms in total. The van der Waals surface area contributed by atoms with Gasteiger partial charge in [-0.1, -0.05) is 18.2 Å². The van der Waals surface area contributed by atoms with Crippen LogP contribution in [0.1, 0.15) is 0 Å². The number of rotatable bonds is 0. The van der Waals surface area contributed by atoms with E-state index in [0.717, 1.165) is 12.3 Å². The normalized spacial score (nSPS) is 28.0. The molecule has 10 heavy (non-hydrogen) atoms. The predicted molar refractivity (Wildman–Crippen MR) is 47.9 cm³/mol. The standard InChI is InChI=1S/C8H11NS/c1-2-4-7-10-8-6-9-5-3-1/h1-5,7,9H,6,8H2/b2-1-,5-3+,7-4+. The van der Waals surface area contributed by atoms with Gasteiger partial charge in [-0.15, -0.1) is 11.8 Å². The first-order valence-electron chi connectivity index (χ1n) is 3.33. The van der Waals surface area contributed by atoms with Gasteiger partial charge in [0.1, 0.15) is 0 Å². The van der Waals surface area contributed by atoms with Crippen molar-refractivity contribution in [3.05, 3.63) is 35.9 Å². The fourth-order valence-corrected chi connectivity index (χ4v) is 1.20. The maximum absolute atomic E-state index is 3.17. The van der Waals surface area contributed by atoms with E-state index >= 15 is 0 Å². The van der Waals surface area contributed by atoms with Crippen molar-refractivity contribution in [1.29, 1.82) is 0 Å². The Morgan fingerprint density at radius 1 is 1.10 bits per heavy atom. The highest BCUT2D eigenvalue weighted by atomic mass is 32.2. The SMILES string of the molecule is C1=C\C=C\SCCN/C=C/1. The number of hydrogen-bond donors (Lipinski definition) is 1. The predicted octanol–water partition coefficient (Wildman–Crippen LogP) is 1.91. The molecule has 1 aliphatic rings. The molecule has 2 heteroatoms. The average molecular weight is 153 g/mol. The Balaban J connectivity index is 2.40. The van der Waals surface area contributed by atoms with E-state index in [4.69, 9.17) is 0 Å². The summed E-state index contributed by atoms with van der Waals surface area (Å²) in [6.45, 7) is 1.04. The third-order valence-corrected chi connectivity index (χ3v) is 1.88.